The van der Waals surface area contributed by atoms with Crippen LogP contribution in [0.1, 0.15) is 12.0 Å². The van der Waals surface area contributed by atoms with Crippen LogP contribution < -0.4 is 0 Å². The van der Waals surface area contributed by atoms with Crippen LogP contribution in [0, 0.1) is 0 Å². The van der Waals surface area contributed by atoms with E-state index in [0.29, 0.717) is 0 Å². The van der Waals surface area contributed by atoms with Gasteiger partial charge in [-0.25, -0.2) is 0 Å². The molecule has 1 aromatic carbocycles. The summed E-state index contributed by atoms with van der Waals surface area (Å²) in [7, 11) is 6.70. The lowest BCUT2D eigenvalue weighted by molar-refractivity contribution is -0.870. The maximum absolute atomic E-state index is 5.94. The van der Waals surface area contributed by atoms with Gasteiger partial charge in [-0.1, -0.05) is 36.4 Å². The number of benzene rings is 1. The van der Waals surface area contributed by atoms with E-state index in [1.807, 2.05) is 12.1 Å². The maximum atomic E-state index is 5.94. The Morgan fingerprint density at radius 3 is 2.45 bits per heavy atom. The number of quaternary nitrogens is 1. The number of nitrogens with zero attached hydrogens (tertiary/aromatic N) is 2. The van der Waals surface area contributed by atoms with Gasteiger partial charge >= 0.3 is 0 Å². The summed E-state index contributed by atoms with van der Waals surface area (Å²) < 4.78 is 1.01. The first-order valence-corrected chi connectivity index (χ1v) is 7.45. The molecule has 1 heterocycles. The Morgan fingerprint density at radius 2 is 1.85 bits per heavy atom. The molecule has 0 N–H and O–H groups in total. The van der Waals surface area contributed by atoms with Gasteiger partial charge < -0.3 is 9.38 Å². The van der Waals surface area contributed by atoms with Crippen molar-refractivity contribution in [3.8, 4) is 0 Å². The third-order valence-electron chi connectivity index (χ3n) is 3.62. The molecular weight excluding hydrogens is 268 g/mol. The van der Waals surface area contributed by atoms with Crippen molar-refractivity contribution in [2.24, 2.45) is 0 Å². The summed E-state index contributed by atoms with van der Waals surface area (Å²) in [5, 5.41) is 0.776. The van der Waals surface area contributed by atoms with Gasteiger partial charge in [0.05, 0.1) is 27.7 Å². The summed E-state index contributed by atoms with van der Waals surface area (Å²) >= 11 is 5.94. The molecule has 0 fully saturated rings. The third kappa shape index (κ3) is 3.87. The van der Waals surface area contributed by atoms with Crippen LogP contribution in [0.5, 0.6) is 0 Å². The first-order chi connectivity index (χ1) is 9.37. The lowest BCUT2D eigenvalue weighted by Crippen LogP contribution is -2.37. The Hall–Kier alpha value is -1.25. The van der Waals surface area contributed by atoms with Crippen LogP contribution >= 0.6 is 11.6 Å². The van der Waals surface area contributed by atoms with E-state index >= 15 is 0 Å². The fourth-order valence-corrected chi connectivity index (χ4v) is 2.60. The standard InChI is InChI=1S/C17H24ClN2/c1-14-17(15-6-8-16(18)9-7-15)10-12-19(14)11-5-13-20(2,3)4/h6-10H,1,5,11-13H2,2-4H3/q+1. The summed E-state index contributed by atoms with van der Waals surface area (Å²) in [6.07, 6.45) is 3.45. The van der Waals surface area contributed by atoms with Crippen molar-refractivity contribution in [1.82, 2.24) is 4.90 Å². The molecular formula is C17H24ClN2+. The Kier molecular flexibility index (Phi) is 4.56. The average molecular weight is 292 g/mol. The van der Waals surface area contributed by atoms with Crippen molar-refractivity contribution < 1.29 is 4.48 Å². The highest BCUT2D eigenvalue weighted by molar-refractivity contribution is 6.30. The molecule has 2 rings (SSSR count). The molecule has 0 unspecified atom stereocenters. The fraction of sp³-hybridized carbons (Fsp3) is 0.412. The predicted molar refractivity (Wildman–Crippen MR) is 87.7 cm³/mol. The molecule has 1 aliphatic heterocycles. The molecule has 0 radical (unpaired) electrons. The molecule has 0 aliphatic carbocycles. The van der Waals surface area contributed by atoms with Gasteiger partial charge in [-0.2, -0.15) is 0 Å². The van der Waals surface area contributed by atoms with E-state index in [2.05, 4.69) is 50.8 Å². The van der Waals surface area contributed by atoms with Crippen molar-refractivity contribution in [3.05, 3.63) is 53.2 Å². The zero-order valence-electron chi connectivity index (χ0n) is 12.7. The van der Waals surface area contributed by atoms with Crippen molar-refractivity contribution in [2.75, 3.05) is 40.8 Å². The molecule has 108 valence electrons. The molecule has 3 heteroatoms. The van der Waals surface area contributed by atoms with Crippen LogP contribution in [-0.4, -0.2) is 50.2 Å². The minimum atomic E-state index is 0.776. The molecule has 0 saturated carbocycles. The molecule has 1 aromatic rings. The number of hydrogen-bond acceptors (Lipinski definition) is 1. The molecule has 20 heavy (non-hydrogen) atoms. The summed E-state index contributed by atoms with van der Waals surface area (Å²) in [6.45, 7) is 7.47. The quantitative estimate of drug-likeness (QED) is 0.749. The van der Waals surface area contributed by atoms with Gasteiger partial charge in [-0.05, 0) is 17.7 Å². The second kappa shape index (κ2) is 6.02. The average Bonchev–Trinajstić information content (AvgIpc) is 2.71. The van der Waals surface area contributed by atoms with E-state index in [0.717, 1.165) is 28.3 Å². The highest BCUT2D eigenvalue weighted by Gasteiger charge is 2.19. The molecule has 0 saturated heterocycles. The van der Waals surface area contributed by atoms with Crippen LogP contribution in [-0.2, 0) is 0 Å². The SMILES string of the molecule is C=C1C(c2ccc(Cl)cc2)=CCN1CCC[N+](C)(C)C. The van der Waals surface area contributed by atoms with E-state index in [1.54, 1.807) is 0 Å². The van der Waals surface area contributed by atoms with Crippen LogP contribution in [0.2, 0.25) is 5.02 Å². The lowest BCUT2D eigenvalue weighted by atomic mass is 10.1. The van der Waals surface area contributed by atoms with Gasteiger partial charge in [0.1, 0.15) is 0 Å². The fourth-order valence-electron chi connectivity index (χ4n) is 2.48. The molecule has 0 spiro atoms. The number of allylic oxidation sites excluding steroid dienone is 1. The van der Waals surface area contributed by atoms with Crippen LogP contribution in [0.4, 0.5) is 0 Å². The van der Waals surface area contributed by atoms with Crippen molar-refractivity contribution >= 4 is 17.2 Å². The maximum Gasteiger partial charge on any atom is 0.0797 e. The summed E-state index contributed by atoms with van der Waals surface area (Å²) in [4.78, 5) is 2.36. The zero-order valence-corrected chi connectivity index (χ0v) is 13.5. The Morgan fingerprint density at radius 1 is 1.20 bits per heavy atom. The topological polar surface area (TPSA) is 3.24 Å². The monoisotopic (exact) mass is 291 g/mol. The first kappa shape index (κ1) is 15.1. The Labute approximate surface area is 127 Å². The zero-order chi connectivity index (χ0) is 14.8. The minimum Gasteiger partial charge on any atom is -0.368 e. The largest absolute Gasteiger partial charge is 0.368 e. The van der Waals surface area contributed by atoms with E-state index in [-0.39, 0.29) is 0 Å². The predicted octanol–water partition coefficient (Wildman–Crippen LogP) is 3.65. The van der Waals surface area contributed by atoms with Gasteiger partial charge in [0.2, 0.25) is 0 Å². The summed E-state index contributed by atoms with van der Waals surface area (Å²) in [5.74, 6) is 0. The highest BCUT2D eigenvalue weighted by Crippen LogP contribution is 2.30. The second-order valence-corrected chi connectivity index (χ2v) is 6.82. The molecule has 0 aromatic heterocycles. The van der Waals surface area contributed by atoms with Gasteiger partial charge in [-0.15, -0.1) is 0 Å². The Bertz CT molecular complexity index is 509. The van der Waals surface area contributed by atoms with E-state index in [4.69, 9.17) is 11.6 Å². The smallest absolute Gasteiger partial charge is 0.0797 e. The number of hydrogen-bond donors (Lipinski definition) is 0. The highest BCUT2D eigenvalue weighted by atomic mass is 35.5. The molecule has 1 aliphatic rings. The number of halogens is 1. The van der Waals surface area contributed by atoms with Gasteiger partial charge in [0, 0.05) is 35.8 Å². The van der Waals surface area contributed by atoms with Gasteiger partial charge in [0.15, 0.2) is 0 Å². The second-order valence-electron chi connectivity index (χ2n) is 6.38. The summed E-state index contributed by atoms with van der Waals surface area (Å²) in [5.41, 5.74) is 3.58. The molecule has 0 amide bonds. The first-order valence-electron chi connectivity index (χ1n) is 7.07. The molecule has 0 atom stereocenters. The van der Waals surface area contributed by atoms with Crippen molar-refractivity contribution in [2.45, 2.75) is 6.42 Å². The van der Waals surface area contributed by atoms with Crippen molar-refractivity contribution in [3.63, 3.8) is 0 Å². The Balaban J connectivity index is 1.93. The summed E-state index contributed by atoms with van der Waals surface area (Å²) in [6, 6.07) is 8.00. The van der Waals surface area contributed by atoms with Gasteiger partial charge in [0.25, 0.3) is 0 Å². The van der Waals surface area contributed by atoms with Gasteiger partial charge in [-0.3, -0.25) is 0 Å². The minimum absolute atomic E-state index is 0.776. The van der Waals surface area contributed by atoms with Crippen molar-refractivity contribution in [1.29, 1.82) is 0 Å². The van der Waals surface area contributed by atoms with Crippen LogP contribution in [0.3, 0.4) is 0 Å². The molecule has 2 nitrogen and oxygen atoms in total. The molecule has 0 bridgehead atoms. The van der Waals surface area contributed by atoms with Crippen LogP contribution in [0.25, 0.3) is 5.57 Å². The van der Waals surface area contributed by atoms with E-state index in [9.17, 15) is 0 Å². The van der Waals surface area contributed by atoms with Crippen LogP contribution in [0.15, 0.2) is 42.6 Å². The normalized spacial score (nSPS) is 15.7. The third-order valence-corrected chi connectivity index (χ3v) is 3.87. The lowest BCUT2D eigenvalue weighted by Gasteiger charge is -2.26. The van der Waals surface area contributed by atoms with E-state index in [1.165, 1.54) is 24.1 Å². The number of rotatable bonds is 5. The van der Waals surface area contributed by atoms with E-state index < -0.39 is 0 Å².